The van der Waals surface area contributed by atoms with Gasteiger partial charge in [0.15, 0.2) is 0 Å². The Labute approximate surface area is 366 Å². The summed E-state index contributed by atoms with van der Waals surface area (Å²) in [6.07, 6.45) is 33.6. The number of carbonyl (C=O) groups is 3. The van der Waals surface area contributed by atoms with Crippen molar-refractivity contribution < 1.29 is 57.0 Å². The first kappa shape index (κ1) is 57.7. The van der Waals surface area contributed by atoms with Crippen molar-refractivity contribution in [2.45, 2.75) is 219 Å². The Balaban J connectivity index is 4.24. The molecule has 0 aliphatic carbocycles. The van der Waals surface area contributed by atoms with Crippen molar-refractivity contribution in [2.24, 2.45) is 0 Å². The minimum atomic E-state index is -0.715. The molecule has 0 atom stereocenters. The molecule has 356 valence electrons. The zero-order valence-electron chi connectivity index (χ0n) is 39.0. The maximum Gasteiger partial charge on any atom is 0.508 e. The lowest BCUT2D eigenvalue weighted by Gasteiger charge is -2.18. The van der Waals surface area contributed by atoms with Crippen molar-refractivity contribution in [1.29, 1.82) is 0 Å². The first-order valence-corrected chi connectivity index (χ1v) is 24.7. The van der Waals surface area contributed by atoms with Crippen LogP contribution in [-0.2, 0) is 42.6 Å². The number of carbonyl (C=O) groups excluding carboxylic acids is 3. The lowest BCUT2D eigenvalue weighted by Crippen LogP contribution is -2.29. The molecule has 0 spiro atoms. The summed E-state index contributed by atoms with van der Waals surface area (Å²) < 4.78 is 48.2. The molecule has 0 saturated heterocycles. The molecule has 0 N–H and O–H groups in total. The maximum absolute atomic E-state index is 12.0. The second-order valence-corrected chi connectivity index (χ2v) is 16.0. The predicted molar refractivity (Wildman–Crippen MR) is 239 cm³/mol. The minimum absolute atomic E-state index is 0.00929. The van der Waals surface area contributed by atoms with Crippen molar-refractivity contribution in [3.8, 4) is 0 Å². The lowest BCUT2D eigenvalue weighted by molar-refractivity contribution is -0.0796. The highest BCUT2D eigenvalue weighted by Gasteiger charge is 2.13. The molecule has 60 heavy (non-hydrogen) atoms. The van der Waals surface area contributed by atoms with E-state index in [4.69, 9.17) is 42.6 Å². The van der Waals surface area contributed by atoms with Gasteiger partial charge in [-0.15, -0.1) is 0 Å². The number of hydrogen-bond acceptors (Lipinski definition) is 12. The van der Waals surface area contributed by atoms with E-state index < -0.39 is 24.6 Å². The van der Waals surface area contributed by atoms with Crippen LogP contribution >= 0.6 is 0 Å². The van der Waals surface area contributed by atoms with Crippen molar-refractivity contribution in [3.63, 3.8) is 0 Å². The minimum Gasteiger partial charge on any atom is -0.434 e. The molecule has 0 fully saturated rings. The standard InChI is InChI=1S/C48H92O12/c1-4-7-10-13-16-19-22-25-28-31-34-55-46(49)58-39-37-52-43-45(54-41-42-60-48(51)57-36-33-30-27-24-21-18-15-12-9-6-3)44-53-38-40-59-47(50)56-35-32-29-26-23-20-17-14-11-8-5-2/h45H,4-44H2,1-3H3. The van der Waals surface area contributed by atoms with Crippen LogP contribution in [0.25, 0.3) is 0 Å². The van der Waals surface area contributed by atoms with Crippen LogP contribution in [0.15, 0.2) is 0 Å². The molecule has 0 aromatic carbocycles. The molecule has 12 heteroatoms. The Kier molecular flexibility index (Phi) is 47.4. The summed E-state index contributed by atoms with van der Waals surface area (Å²) in [7, 11) is 0. The maximum atomic E-state index is 12.0. The third-order valence-corrected chi connectivity index (χ3v) is 10.3. The van der Waals surface area contributed by atoms with Crippen LogP contribution in [0.1, 0.15) is 213 Å². The average Bonchev–Trinajstić information content (AvgIpc) is 3.24. The largest absolute Gasteiger partial charge is 0.508 e. The summed E-state index contributed by atoms with van der Waals surface area (Å²) in [4.78, 5) is 36.0. The van der Waals surface area contributed by atoms with E-state index in [1.807, 2.05) is 0 Å². The van der Waals surface area contributed by atoms with Gasteiger partial charge in [-0.1, -0.05) is 194 Å². The quantitative estimate of drug-likeness (QED) is 0.0327. The summed E-state index contributed by atoms with van der Waals surface area (Å²) in [5.41, 5.74) is 0. The highest BCUT2D eigenvalue weighted by atomic mass is 16.7. The number of hydrogen-bond donors (Lipinski definition) is 0. The molecule has 0 aliphatic heterocycles. The summed E-state index contributed by atoms with van der Waals surface area (Å²) in [5.74, 6) is 0. The molecule has 0 rings (SSSR count). The van der Waals surface area contributed by atoms with Gasteiger partial charge < -0.3 is 42.6 Å². The van der Waals surface area contributed by atoms with Gasteiger partial charge in [0.25, 0.3) is 0 Å². The molecule has 0 unspecified atom stereocenters. The third kappa shape index (κ3) is 46.8. The van der Waals surface area contributed by atoms with Gasteiger partial charge in [0.1, 0.15) is 25.9 Å². The third-order valence-electron chi connectivity index (χ3n) is 10.3. The van der Waals surface area contributed by atoms with Crippen LogP contribution in [-0.4, -0.2) is 97.2 Å². The predicted octanol–water partition coefficient (Wildman–Crippen LogP) is 13.6. The Hall–Kier alpha value is -2.31. The van der Waals surface area contributed by atoms with E-state index in [1.54, 1.807) is 0 Å². The normalized spacial score (nSPS) is 11.2. The molecule has 0 heterocycles. The summed E-state index contributed by atoms with van der Waals surface area (Å²) in [6, 6.07) is 0. The molecular formula is C48H92O12. The van der Waals surface area contributed by atoms with Crippen molar-refractivity contribution in [3.05, 3.63) is 0 Å². The molecule has 0 amide bonds. The zero-order valence-corrected chi connectivity index (χ0v) is 39.0. The van der Waals surface area contributed by atoms with Crippen molar-refractivity contribution in [1.82, 2.24) is 0 Å². The van der Waals surface area contributed by atoms with Gasteiger partial charge in [0, 0.05) is 0 Å². The summed E-state index contributed by atoms with van der Waals surface area (Å²) in [5, 5.41) is 0. The monoisotopic (exact) mass is 861 g/mol. The second kappa shape index (κ2) is 49.3. The van der Waals surface area contributed by atoms with Gasteiger partial charge >= 0.3 is 18.5 Å². The Morgan fingerprint density at radius 2 is 0.517 bits per heavy atom. The van der Waals surface area contributed by atoms with Crippen LogP contribution in [0.4, 0.5) is 14.4 Å². The van der Waals surface area contributed by atoms with Gasteiger partial charge in [-0.05, 0) is 19.3 Å². The van der Waals surface area contributed by atoms with E-state index in [2.05, 4.69) is 20.8 Å². The first-order chi connectivity index (χ1) is 29.5. The van der Waals surface area contributed by atoms with Crippen LogP contribution in [0.5, 0.6) is 0 Å². The Bertz CT molecular complexity index is 857. The molecule has 0 radical (unpaired) electrons. The molecular weight excluding hydrogens is 769 g/mol. The molecule has 0 aliphatic rings. The highest BCUT2D eigenvalue weighted by Crippen LogP contribution is 2.13. The van der Waals surface area contributed by atoms with Crippen LogP contribution in [0, 0.1) is 0 Å². The first-order valence-electron chi connectivity index (χ1n) is 24.7. The smallest absolute Gasteiger partial charge is 0.434 e. The molecule has 0 bridgehead atoms. The number of ether oxygens (including phenoxy) is 9. The van der Waals surface area contributed by atoms with E-state index in [1.165, 1.54) is 135 Å². The van der Waals surface area contributed by atoms with Crippen molar-refractivity contribution >= 4 is 18.5 Å². The number of rotatable bonds is 47. The molecule has 12 nitrogen and oxygen atoms in total. The Morgan fingerprint density at radius 3 is 0.800 bits per heavy atom. The molecule has 0 saturated carbocycles. The van der Waals surface area contributed by atoms with E-state index in [-0.39, 0.29) is 52.9 Å². The lowest BCUT2D eigenvalue weighted by atomic mass is 10.1. The van der Waals surface area contributed by atoms with Crippen LogP contribution in [0.3, 0.4) is 0 Å². The van der Waals surface area contributed by atoms with Gasteiger partial charge in [0.05, 0.1) is 52.9 Å². The summed E-state index contributed by atoms with van der Waals surface area (Å²) in [6.45, 7) is 8.49. The fraction of sp³-hybridized carbons (Fsp3) is 0.938. The highest BCUT2D eigenvalue weighted by molar-refractivity contribution is 5.60. The summed E-state index contributed by atoms with van der Waals surface area (Å²) >= 11 is 0. The van der Waals surface area contributed by atoms with Gasteiger partial charge in [-0.2, -0.15) is 0 Å². The van der Waals surface area contributed by atoms with Crippen molar-refractivity contribution in [2.75, 3.05) is 72.7 Å². The second-order valence-electron chi connectivity index (χ2n) is 16.0. The van der Waals surface area contributed by atoms with Gasteiger partial charge in [0.2, 0.25) is 0 Å². The molecule has 0 aromatic heterocycles. The SMILES string of the molecule is CCCCCCCCCCCCOC(=O)OCCOCC(COCCOC(=O)OCCCCCCCCCCCC)OCCOC(=O)OCCCCCCCCCCCC. The van der Waals surface area contributed by atoms with E-state index in [0.29, 0.717) is 19.8 Å². The molecule has 0 aromatic rings. The van der Waals surface area contributed by atoms with Gasteiger partial charge in [-0.3, -0.25) is 0 Å². The Morgan fingerprint density at radius 1 is 0.283 bits per heavy atom. The van der Waals surface area contributed by atoms with Gasteiger partial charge in [-0.25, -0.2) is 14.4 Å². The fourth-order valence-corrected chi connectivity index (χ4v) is 6.64. The topological polar surface area (TPSA) is 134 Å². The van der Waals surface area contributed by atoms with E-state index >= 15 is 0 Å². The van der Waals surface area contributed by atoms with Crippen LogP contribution < -0.4 is 0 Å². The zero-order chi connectivity index (χ0) is 43.7. The fourth-order valence-electron chi connectivity index (χ4n) is 6.64. The van der Waals surface area contributed by atoms with E-state index in [0.717, 1.165) is 57.8 Å². The average molecular weight is 861 g/mol. The van der Waals surface area contributed by atoms with E-state index in [9.17, 15) is 14.4 Å². The van der Waals surface area contributed by atoms with Crippen LogP contribution in [0.2, 0.25) is 0 Å². The number of unbranched alkanes of at least 4 members (excludes halogenated alkanes) is 27.